The van der Waals surface area contributed by atoms with E-state index >= 15 is 0 Å². The third-order valence-electron chi connectivity index (χ3n) is 2.86. The number of hydrogen-bond donors (Lipinski definition) is 2. The van der Waals surface area contributed by atoms with Crippen LogP contribution >= 0.6 is 23.8 Å². The topological polar surface area (TPSA) is 24.1 Å². The van der Waals surface area contributed by atoms with Crippen molar-refractivity contribution in [1.29, 1.82) is 0 Å². The van der Waals surface area contributed by atoms with Crippen molar-refractivity contribution in [3.05, 3.63) is 64.4 Å². The fourth-order valence-electron chi connectivity index (χ4n) is 1.83. The van der Waals surface area contributed by atoms with Crippen LogP contribution in [0.15, 0.2) is 42.5 Å². The summed E-state index contributed by atoms with van der Waals surface area (Å²) < 4.78 is 51.2. The van der Waals surface area contributed by atoms with E-state index < -0.39 is 17.6 Å². The van der Waals surface area contributed by atoms with Crippen LogP contribution in [-0.4, -0.2) is 5.11 Å². The summed E-state index contributed by atoms with van der Waals surface area (Å²) in [4.78, 5) is 0. The number of para-hydroxylation sites is 1. The lowest BCUT2D eigenvalue weighted by atomic mass is 10.1. The zero-order valence-electron chi connectivity index (χ0n) is 11.5. The predicted octanol–water partition coefficient (Wildman–Crippen LogP) is 4.98. The summed E-state index contributed by atoms with van der Waals surface area (Å²) >= 11 is 11.0. The molecule has 0 aliphatic carbocycles. The van der Waals surface area contributed by atoms with Crippen LogP contribution in [0.4, 0.5) is 23.2 Å². The fraction of sp³-hybridized carbons (Fsp3) is 0.133. The number of anilines is 1. The van der Waals surface area contributed by atoms with Crippen molar-refractivity contribution in [3.63, 3.8) is 0 Å². The molecule has 0 amide bonds. The molecular formula is C15H11ClF4N2S. The minimum atomic E-state index is -4.60. The molecule has 0 unspecified atom stereocenters. The van der Waals surface area contributed by atoms with Crippen molar-refractivity contribution in [2.75, 3.05) is 5.32 Å². The van der Waals surface area contributed by atoms with Gasteiger partial charge in [-0.3, -0.25) is 0 Å². The normalized spacial score (nSPS) is 11.2. The van der Waals surface area contributed by atoms with E-state index in [4.69, 9.17) is 23.8 Å². The number of nitrogens with one attached hydrogen (secondary N) is 2. The van der Waals surface area contributed by atoms with Gasteiger partial charge in [-0.1, -0.05) is 23.7 Å². The molecule has 0 radical (unpaired) electrons. The zero-order valence-corrected chi connectivity index (χ0v) is 13.1. The Hall–Kier alpha value is -1.86. The van der Waals surface area contributed by atoms with Gasteiger partial charge in [-0.25, -0.2) is 4.39 Å². The van der Waals surface area contributed by atoms with E-state index in [0.717, 1.165) is 12.1 Å². The molecule has 2 rings (SSSR count). The second kappa shape index (κ2) is 7.14. The van der Waals surface area contributed by atoms with E-state index in [9.17, 15) is 17.6 Å². The molecule has 2 nitrogen and oxygen atoms in total. The van der Waals surface area contributed by atoms with Gasteiger partial charge >= 0.3 is 6.18 Å². The predicted molar refractivity (Wildman–Crippen MR) is 85.9 cm³/mol. The molecule has 0 heterocycles. The van der Waals surface area contributed by atoms with E-state index in [-0.39, 0.29) is 17.2 Å². The van der Waals surface area contributed by atoms with Crippen LogP contribution in [0.5, 0.6) is 0 Å². The summed E-state index contributed by atoms with van der Waals surface area (Å²) in [6.45, 7) is -0.0584. The minimum absolute atomic E-state index is 0.0584. The lowest BCUT2D eigenvalue weighted by molar-refractivity contribution is -0.137. The second-order valence-corrected chi connectivity index (χ2v) is 5.45. The Morgan fingerprint density at radius 2 is 1.83 bits per heavy atom. The van der Waals surface area contributed by atoms with Gasteiger partial charge in [0.15, 0.2) is 5.11 Å². The first-order valence-corrected chi connectivity index (χ1v) is 7.20. The maximum absolute atomic E-state index is 13.3. The van der Waals surface area contributed by atoms with Gasteiger partial charge < -0.3 is 10.6 Å². The Kier molecular flexibility index (Phi) is 5.43. The van der Waals surface area contributed by atoms with Crippen LogP contribution < -0.4 is 10.6 Å². The highest BCUT2D eigenvalue weighted by atomic mass is 35.5. The summed E-state index contributed by atoms with van der Waals surface area (Å²) in [7, 11) is 0. The van der Waals surface area contributed by atoms with Crippen LogP contribution in [0, 0.1) is 5.82 Å². The Labute approximate surface area is 140 Å². The lowest BCUT2D eigenvalue weighted by Crippen LogP contribution is -2.28. The summed E-state index contributed by atoms with van der Waals surface area (Å²) in [5.41, 5.74) is -0.359. The molecule has 0 atom stereocenters. The Morgan fingerprint density at radius 1 is 1.13 bits per heavy atom. The number of benzene rings is 2. The van der Waals surface area contributed by atoms with Crippen LogP contribution in [0.2, 0.25) is 5.02 Å². The molecule has 0 aromatic heterocycles. The van der Waals surface area contributed by atoms with Crippen LogP contribution in [-0.2, 0) is 12.7 Å². The van der Waals surface area contributed by atoms with Crippen molar-refractivity contribution in [2.24, 2.45) is 0 Å². The van der Waals surface area contributed by atoms with E-state index in [0.29, 0.717) is 16.8 Å². The molecular weight excluding hydrogens is 352 g/mol. The first kappa shape index (κ1) is 17.5. The van der Waals surface area contributed by atoms with Crippen LogP contribution in [0.1, 0.15) is 11.1 Å². The van der Waals surface area contributed by atoms with Crippen molar-refractivity contribution in [1.82, 2.24) is 5.32 Å². The zero-order chi connectivity index (χ0) is 17.0. The third kappa shape index (κ3) is 5.07. The maximum atomic E-state index is 13.3. The van der Waals surface area contributed by atoms with Crippen molar-refractivity contribution >= 4 is 34.6 Å². The number of rotatable bonds is 3. The summed E-state index contributed by atoms with van der Waals surface area (Å²) in [5.74, 6) is -0.957. The van der Waals surface area contributed by atoms with Gasteiger partial charge in [-0.2, -0.15) is 13.2 Å². The monoisotopic (exact) mass is 362 g/mol. The van der Waals surface area contributed by atoms with Gasteiger partial charge in [0.05, 0.1) is 16.3 Å². The molecule has 0 saturated heterocycles. The standard InChI is InChI=1S/C15H11ClF4N2S/c16-12-3-1-2-4-13(12)22-14(23)21-8-9-5-10(15(18,19)20)7-11(17)6-9/h1-7H,8H2,(H2,21,22,23). The number of hydrogen-bond acceptors (Lipinski definition) is 1. The average Bonchev–Trinajstić information content (AvgIpc) is 2.46. The molecule has 0 spiro atoms. The summed E-state index contributed by atoms with van der Waals surface area (Å²) in [5, 5.41) is 6.13. The number of halogens is 5. The number of thiocarbonyl (C=S) groups is 1. The number of alkyl halides is 3. The average molecular weight is 363 g/mol. The smallest absolute Gasteiger partial charge is 0.358 e. The second-order valence-electron chi connectivity index (χ2n) is 4.63. The molecule has 2 N–H and O–H groups in total. The molecule has 0 fully saturated rings. The van der Waals surface area contributed by atoms with Gasteiger partial charge in [-0.15, -0.1) is 0 Å². The highest BCUT2D eigenvalue weighted by molar-refractivity contribution is 7.80. The van der Waals surface area contributed by atoms with E-state index in [1.54, 1.807) is 24.3 Å². The lowest BCUT2D eigenvalue weighted by Gasteiger charge is -2.13. The van der Waals surface area contributed by atoms with E-state index in [1.807, 2.05) is 0 Å². The van der Waals surface area contributed by atoms with Crippen LogP contribution in [0.3, 0.4) is 0 Å². The molecule has 2 aromatic rings. The van der Waals surface area contributed by atoms with Crippen LogP contribution in [0.25, 0.3) is 0 Å². The molecule has 0 bridgehead atoms. The summed E-state index contributed by atoms with van der Waals surface area (Å²) in [6, 6.07) is 9.18. The van der Waals surface area contributed by atoms with Gasteiger partial charge in [0, 0.05) is 6.54 Å². The molecule has 0 aliphatic heterocycles. The molecule has 0 saturated carbocycles. The first-order chi connectivity index (χ1) is 10.8. The molecule has 23 heavy (non-hydrogen) atoms. The fourth-order valence-corrected chi connectivity index (χ4v) is 2.19. The van der Waals surface area contributed by atoms with Gasteiger partial charge in [-0.05, 0) is 48.1 Å². The molecule has 122 valence electrons. The third-order valence-corrected chi connectivity index (χ3v) is 3.44. The molecule has 2 aromatic carbocycles. The Bertz CT molecular complexity index is 719. The van der Waals surface area contributed by atoms with Gasteiger partial charge in [0.25, 0.3) is 0 Å². The summed E-state index contributed by atoms with van der Waals surface area (Å²) in [6.07, 6.45) is -4.60. The SMILES string of the molecule is Fc1cc(CNC(=S)Nc2ccccc2Cl)cc(C(F)(F)F)c1. The van der Waals surface area contributed by atoms with E-state index in [2.05, 4.69) is 10.6 Å². The highest BCUT2D eigenvalue weighted by Gasteiger charge is 2.31. The Morgan fingerprint density at radius 3 is 2.48 bits per heavy atom. The minimum Gasteiger partial charge on any atom is -0.358 e. The molecule has 0 aliphatic rings. The maximum Gasteiger partial charge on any atom is 0.416 e. The highest BCUT2D eigenvalue weighted by Crippen LogP contribution is 2.30. The van der Waals surface area contributed by atoms with Gasteiger partial charge in [0.1, 0.15) is 5.82 Å². The largest absolute Gasteiger partial charge is 0.416 e. The molecule has 8 heteroatoms. The van der Waals surface area contributed by atoms with Crippen molar-refractivity contribution in [3.8, 4) is 0 Å². The van der Waals surface area contributed by atoms with Crippen molar-refractivity contribution < 1.29 is 17.6 Å². The quantitative estimate of drug-likeness (QED) is 0.594. The van der Waals surface area contributed by atoms with Crippen molar-refractivity contribution in [2.45, 2.75) is 12.7 Å². The van der Waals surface area contributed by atoms with E-state index in [1.165, 1.54) is 0 Å². The van der Waals surface area contributed by atoms with Gasteiger partial charge in [0.2, 0.25) is 0 Å². The Balaban J connectivity index is 2.02. The first-order valence-electron chi connectivity index (χ1n) is 6.42.